The Morgan fingerprint density at radius 1 is 1.19 bits per heavy atom. The summed E-state index contributed by atoms with van der Waals surface area (Å²) in [5.41, 5.74) is 0.370. The van der Waals surface area contributed by atoms with Crippen LogP contribution in [0.25, 0.3) is 0 Å². The van der Waals surface area contributed by atoms with Gasteiger partial charge in [-0.15, -0.1) is 0 Å². The summed E-state index contributed by atoms with van der Waals surface area (Å²) < 4.78 is 5.20. The number of piperazine rings is 1. The first-order valence-corrected chi connectivity index (χ1v) is 9.29. The van der Waals surface area contributed by atoms with Crippen LogP contribution >= 0.6 is 0 Å². The fourth-order valence-electron chi connectivity index (χ4n) is 4.14. The van der Waals surface area contributed by atoms with Crippen LogP contribution < -0.4 is 9.64 Å². The normalized spacial score (nSPS) is 23.8. The predicted octanol–water partition coefficient (Wildman–Crippen LogP) is 2.13. The van der Waals surface area contributed by atoms with Gasteiger partial charge >= 0.3 is 0 Å². The zero-order chi connectivity index (χ0) is 18.9. The zero-order valence-electron chi connectivity index (χ0n) is 16.2. The van der Waals surface area contributed by atoms with Crippen LogP contribution in [0.1, 0.15) is 33.1 Å². The number of carbonyl (C=O) groups excluding carboxylic acids is 2. The molecule has 2 amide bonds. The SMILES string of the molecule is COc1ccc(N2C(=O)CN(C(=O)[C@H]3CCCCN3C)CC2(C)C)cc1. The van der Waals surface area contributed by atoms with Crippen LogP contribution in [0.4, 0.5) is 5.69 Å². The Labute approximate surface area is 155 Å². The number of amides is 2. The molecule has 3 rings (SSSR count). The molecule has 142 valence electrons. The molecule has 0 radical (unpaired) electrons. The third-order valence-electron chi connectivity index (χ3n) is 5.46. The molecule has 0 aromatic heterocycles. The lowest BCUT2D eigenvalue weighted by atomic mass is 9.95. The van der Waals surface area contributed by atoms with Crippen molar-refractivity contribution >= 4 is 17.5 Å². The number of benzene rings is 1. The largest absolute Gasteiger partial charge is 0.497 e. The zero-order valence-corrected chi connectivity index (χ0v) is 16.2. The smallest absolute Gasteiger partial charge is 0.247 e. The minimum Gasteiger partial charge on any atom is -0.497 e. The topological polar surface area (TPSA) is 53.1 Å². The number of carbonyl (C=O) groups is 2. The lowest BCUT2D eigenvalue weighted by Crippen LogP contribution is -2.65. The van der Waals surface area contributed by atoms with E-state index in [1.165, 1.54) is 0 Å². The number of hydrogen-bond acceptors (Lipinski definition) is 4. The summed E-state index contributed by atoms with van der Waals surface area (Å²) in [4.78, 5) is 31.6. The molecule has 0 bridgehead atoms. The summed E-state index contributed by atoms with van der Waals surface area (Å²) in [6, 6.07) is 7.40. The minimum absolute atomic E-state index is 0.0433. The molecule has 0 unspecified atom stereocenters. The van der Waals surface area contributed by atoms with Crippen molar-refractivity contribution in [2.24, 2.45) is 0 Å². The summed E-state index contributed by atoms with van der Waals surface area (Å²) >= 11 is 0. The Kier molecular flexibility index (Phi) is 5.23. The van der Waals surface area contributed by atoms with E-state index in [-0.39, 0.29) is 24.4 Å². The van der Waals surface area contributed by atoms with E-state index >= 15 is 0 Å². The van der Waals surface area contributed by atoms with Gasteiger partial charge in [-0.25, -0.2) is 0 Å². The first kappa shape index (κ1) is 18.7. The van der Waals surface area contributed by atoms with Crippen molar-refractivity contribution in [1.29, 1.82) is 0 Å². The molecule has 2 aliphatic heterocycles. The van der Waals surface area contributed by atoms with Gasteiger partial charge in [-0.1, -0.05) is 6.42 Å². The number of ether oxygens (including phenoxy) is 1. The third-order valence-corrected chi connectivity index (χ3v) is 5.46. The van der Waals surface area contributed by atoms with Crippen molar-refractivity contribution in [3.63, 3.8) is 0 Å². The Balaban J connectivity index is 1.78. The molecular weight excluding hydrogens is 330 g/mol. The lowest BCUT2D eigenvalue weighted by Gasteiger charge is -2.48. The van der Waals surface area contributed by atoms with E-state index in [0.29, 0.717) is 6.54 Å². The summed E-state index contributed by atoms with van der Waals surface area (Å²) in [5.74, 6) is 0.800. The van der Waals surface area contributed by atoms with Gasteiger partial charge in [0, 0.05) is 12.2 Å². The Morgan fingerprint density at radius 3 is 2.46 bits per heavy atom. The number of hydrogen-bond donors (Lipinski definition) is 0. The van der Waals surface area contributed by atoms with Crippen molar-refractivity contribution in [2.75, 3.05) is 38.7 Å². The van der Waals surface area contributed by atoms with Crippen molar-refractivity contribution in [2.45, 2.75) is 44.7 Å². The fraction of sp³-hybridized carbons (Fsp3) is 0.600. The van der Waals surface area contributed by atoms with Gasteiger partial charge in [-0.2, -0.15) is 0 Å². The second-order valence-electron chi connectivity index (χ2n) is 7.93. The van der Waals surface area contributed by atoms with Crippen LogP contribution in [0.3, 0.4) is 0 Å². The van der Waals surface area contributed by atoms with Crippen LogP contribution in [-0.2, 0) is 9.59 Å². The van der Waals surface area contributed by atoms with Gasteiger partial charge in [-0.05, 0) is 64.5 Å². The summed E-state index contributed by atoms with van der Waals surface area (Å²) in [6.45, 7) is 5.64. The summed E-state index contributed by atoms with van der Waals surface area (Å²) in [6.07, 6.45) is 3.09. The van der Waals surface area contributed by atoms with E-state index in [1.807, 2.05) is 45.2 Å². The average Bonchev–Trinajstić information content (AvgIpc) is 2.61. The molecule has 1 aromatic rings. The minimum atomic E-state index is -0.465. The van der Waals surface area contributed by atoms with Crippen molar-refractivity contribution in [1.82, 2.24) is 9.80 Å². The second kappa shape index (κ2) is 7.27. The van der Waals surface area contributed by atoms with E-state index in [9.17, 15) is 9.59 Å². The molecule has 0 saturated carbocycles. The van der Waals surface area contributed by atoms with Crippen LogP contribution in [0, 0.1) is 0 Å². The summed E-state index contributed by atoms with van der Waals surface area (Å²) in [7, 11) is 3.62. The quantitative estimate of drug-likeness (QED) is 0.830. The van der Waals surface area contributed by atoms with E-state index in [2.05, 4.69) is 4.90 Å². The second-order valence-corrected chi connectivity index (χ2v) is 7.93. The van der Waals surface area contributed by atoms with E-state index in [4.69, 9.17) is 4.74 Å². The molecule has 0 N–H and O–H groups in total. The van der Waals surface area contributed by atoms with Crippen LogP contribution in [0.5, 0.6) is 5.75 Å². The monoisotopic (exact) mass is 359 g/mol. The molecule has 1 aromatic carbocycles. The molecule has 1 atom stereocenters. The lowest BCUT2D eigenvalue weighted by molar-refractivity contribution is -0.144. The van der Waals surface area contributed by atoms with Gasteiger partial charge in [0.15, 0.2) is 0 Å². The third kappa shape index (κ3) is 3.56. The highest BCUT2D eigenvalue weighted by atomic mass is 16.5. The van der Waals surface area contributed by atoms with Crippen molar-refractivity contribution < 1.29 is 14.3 Å². The van der Waals surface area contributed by atoms with Gasteiger partial charge in [0.1, 0.15) is 12.3 Å². The Hall–Kier alpha value is -2.08. The van der Waals surface area contributed by atoms with Gasteiger partial charge in [-0.3, -0.25) is 14.5 Å². The number of likely N-dealkylation sites (tertiary alicyclic amines) is 1. The van der Waals surface area contributed by atoms with Gasteiger partial charge in [0.25, 0.3) is 0 Å². The number of rotatable bonds is 3. The molecule has 2 heterocycles. The van der Waals surface area contributed by atoms with Crippen LogP contribution in [-0.4, -0.2) is 67.0 Å². The highest BCUT2D eigenvalue weighted by Crippen LogP contribution is 2.31. The van der Waals surface area contributed by atoms with Crippen molar-refractivity contribution in [3.05, 3.63) is 24.3 Å². The number of likely N-dealkylation sites (N-methyl/N-ethyl adjacent to an activating group) is 1. The maximum atomic E-state index is 13.0. The first-order chi connectivity index (χ1) is 12.3. The molecular formula is C20H29N3O3. The molecule has 6 heteroatoms. The predicted molar refractivity (Wildman–Crippen MR) is 101 cm³/mol. The molecule has 6 nitrogen and oxygen atoms in total. The van der Waals surface area contributed by atoms with Gasteiger partial charge in [0.2, 0.25) is 11.8 Å². The van der Waals surface area contributed by atoms with Crippen LogP contribution in [0.2, 0.25) is 0 Å². The van der Waals surface area contributed by atoms with E-state index < -0.39 is 5.54 Å². The molecule has 2 aliphatic rings. The standard InChI is InChI=1S/C20H29N3O3/c1-20(2)14-22(19(25)17-7-5-6-12-21(17)3)13-18(24)23(20)15-8-10-16(26-4)11-9-15/h8-11,17H,5-7,12-14H2,1-4H3/t17-/m1/s1. The van der Waals surface area contributed by atoms with Crippen LogP contribution in [0.15, 0.2) is 24.3 Å². The maximum absolute atomic E-state index is 13.0. The molecule has 2 saturated heterocycles. The number of methoxy groups -OCH3 is 1. The molecule has 26 heavy (non-hydrogen) atoms. The Morgan fingerprint density at radius 2 is 1.88 bits per heavy atom. The highest BCUT2D eigenvalue weighted by Gasteiger charge is 2.43. The van der Waals surface area contributed by atoms with Gasteiger partial charge < -0.3 is 14.5 Å². The summed E-state index contributed by atoms with van der Waals surface area (Å²) in [5, 5.41) is 0. The first-order valence-electron chi connectivity index (χ1n) is 9.29. The Bertz CT molecular complexity index is 671. The fourth-order valence-corrected chi connectivity index (χ4v) is 4.14. The van der Waals surface area contributed by atoms with Crippen molar-refractivity contribution in [3.8, 4) is 5.75 Å². The molecule has 0 spiro atoms. The maximum Gasteiger partial charge on any atom is 0.247 e. The molecule has 0 aliphatic carbocycles. The number of nitrogens with zero attached hydrogens (tertiary/aromatic N) is 3. The van der Waals surface area contributed by atoms with E-state index in [1.54, 1.807) is 16.9 Å². The molecule has 2 fully saturated rings. The average molecular weight is 359 g/mol. The number of piperidine rings is 1. The van der Waals surface area contributed by atoms with E-state index in [0.717, 1.165) is 37.2 Å². The highest BCUT2D eigenvalue weighted by molar-refractivity contribution is 6.00. The number of anilines is 1. The van der Waals surface area contributed by atoms with Gasteiger partial charge in [0.05, 0.1) is 18.7 Å².